The third-order valence-corrected chi connectivity index (χ3v) is 1.93. The SMILES string of the molecule is O=C(O)C1=CC=CC(O)CC1[N+](=O)[O-]. The molecule has 2 N–H and O–H groups in total. The van der Waals surface area contributed by atoms with E-state index in [1.54, 1.807) is 0 Å². The third-order valence-electron chi connectivity index (χ3n) is 1.93. The lowest BCUT2D eigenvalue weighted by Crippen LogP contribution is -2.29. The van der Waals surface area contributed by atoms with Gasteiger partial charge >= 0.3 is 5.97 Å². The van der Waals surface area contributed by atoms with Crippen LogP contribution in [0.2, 0.25) is 0 Å². The minimum atomic E-state index is -1.35. The van der Waals surface area contributed by atoms with E-state index in [0.29, 0.717) is 0 Å². The van der Waals surface area contributed by atoms with E-state index in [9.17, 15) is 20.0 Å². The van der Waals surface area contributed by atoms with E-state index in [0.717, 1.165) is 6.08 Å². The molecule has 0 aromatic carbocycles. The van der Waals surface area contributed by atoms with Crippen molar-refractivity contribution in [1.29, 1.82) is 0 Å². The molecule has 0 heterocycles. The lowest BCUT2D eigenvalue weighted by Gasteiger charge is -2.09. The number of allylic oxidation sites excluding steroid dienone is 2. The van der Waals surface area contributed by atoms with Gasteiger partial charge in [0.1, 0.15) is 5.57 Å². The lowest BCUT2D eigenvalue weighted by molar-refractivity contribution is -0.513. The molecule has 0 bridgehead atoms. The van der Waals surface area contributed by atoms with Crippen molar-refractivity contribution in [3.8, 4) is 0 Å². The summed E-state index contributed by atoms with van der Waals surface area (Å²) in [4.78, 5) is 20.5. The summed E-state index contributed by atoms with van der Waals surface area (Å²) in [5.74, 6) is -1.33. The number of aliphatic hydroxyl groups is 1. The van der Waals surface area contributed by atoms with Crippen molar-refractivity contribution in [2.45, 2.75) is 18.6 Å². The number of aliphatic hydroxyl groups excluding tert-OH is 1. The van der Waals surface area contributed by atoms with Gasteiger partial charge < -0.3 is 10.2 Å². The van der Waals surface area contributed by atoms with Crippen LogP contribution < -0.4 is 0 Å². The van der Waals surface area contributed by atoms with Crippen molar-refractivity contribution in [3.05, 3.63) is 33.9 Å². The van der Waals surface area contributed by atoms with Gasteiger partial charge in [0.15, 0.2) is 0 Å². The molecule has 2 unspecified atom stereocenters. The van der Waals surface area contributed by atoms with Crippen LogP contribution in [-0.2, 0) is 4.79 Å². The third kappa shape index (κ3) is 2.17. The lowest BCUT2D eigenvalue weighted by atomic mass is 10.0. The molecule has 0 saturated heterocycles. The molecule has 0 aromatic rings. The summed E-state index contributed by atoms with van der Waals surface area (Å²) in [6.07, 6.45) is 2.61. The number of hydrogen-bond acceptors (Lipinski definition) is 4. The summed E-state index contributed by atoms with van der Waals surface area (Å²) in [5.41, 5.74) is -0.303. The zero-order chi connectivity index (χ0) is 10.7. The molecule has 14 heavy (non-hydrogen) atoms. The van der Waals surface area contributed by atoms with Crippen LogP contribution in [0.1, 0.15) is 6.42 Å². The van der Waals surface area contributed by atoms with E-state index in [2.05, 4.69) is 0 Å². The van der Waals surface area contributed by atoms with E-state index >= 15 is 0 Å². The second kappa shape index (κ2) is 4.01. The molecule has 1 rings (SSSR count). The predicted octanol–water partition coefficient (Wildman–Crippen LogP) is -0.0365. The molecule has 6 heteroatoms. The van der Waals surface area contributed by atoms with Crippen LogP contribution in [0.15, 0.2) is 23.8 Å². The molecule has 6 nitrogen and oxygen atoms in total. The fourth-order valence-electron chi connectivity index (χ4n) is 1.25. The van der Waals surface area contributed by atoms with E-state index in [1.165, 1.54) is 12.2 Å². The Labute approximate surface area is 79.3 Å². The van der Waals surface area contributed by atoms with Crippen molar-refractivity contribution in [3.63, 3.8) is 0 Å². The Hall–Kier alpha value is -1.69. The van der Waals surface area contributed by atoms with Gasteiger partial charge in [-0.15, -0.1) is 0 Å². The molecule has 0 amide bonds. The molecule has 1 aliphatic rings. The topological polar surface area (TPSA) is 101 Å². The first-order valence-corrected chi connectivity index (χ1v) is 3.95. The zero-order valence-electron chi connectivity index (χ0n) is 7.16. The average Bonchev–Trinajstić information content (AvgIpc) is 2.26. The maximum absolute atomic E-state index is 10.6. The van der Waals surface area contributed by atoms with Gasteiger partial charge in [-0.3, -0.25) is 10.1 Å². The Bertz CT molecular complexity index is 320. The van der Waals surface area contributed by atoms with Crippen LogP contribution in [0.3, 0.4) is 0 Å². The maximum atomic E-state index is 10.6. The Balaban J connectivity index is 2.99. The molecular formula is C8H9NO5. The van der Waals surface area contributed by atoms with Crippen molar-refractivity contribution >= 4 is 5.97 Å². The molecule has 1 aliphatic carbocycles. The quantitative estimate of drug-likeness (QED) is 0.480. The number of nitrogens with zero attached hydrogens (tertiary/aromatic N) is 1. The Morgan fingerprint density at radius 3 is 2.79 bits per heavy atom. The summed E-state index contributed by atoms with van der Waals surface area (Å²) in [6, 6.07) is -1.35. The molecular weight excluding hydrogens is 190 g/mol. The molecule has 0 spiro atoms. The van der Waals surface area contributed by atoms with Crippen LogP contribution in [0, 0.1) is 10.1 Å². The first-order chi connectivity index (χ1) is 6.52. The number of carboxylic acid groups (broad SMARTS) is 1. The molecule has 0 radical (unpaired) electrons. The van der Waals surface area contributed by atoms with Crippen LogP contribution in [0.4, 0.5) is 0 Å². The smallest absolute Gasteiger partial charge is 0.338 e. The highest BCUT2D eigenvalue weighted by Gasteiger charge is 2.33. The van der Waals surface area contributed by atoms with Gasteiger partial charge in [-0.25, -0.2) is 4.79 Å². The van der Waals surface area contributed by atoms with Gasteiger partial charge in [0.2, 0.25) is 6.04 Å². The van der Waals surface area contributed by atoms with Gasteiger partial charge in [-0.1, -0.05) is 12.2 Å². The summed E-state index contributed by atoms with van der Waals surface area (Å²) in [6.45, 7) is 0. The minimum Gasteiger partial charge on any atom is -0.478 e. The Kier molecular flexibility index (Phi) is 2.98. The van der Waals surface area contributed by atoms with Crippen LogP contribution in [-0.4, -0.2) is 33.3 Å². The second-order valence-corrected chi connectivity index (χ2v) is 2.92. The standard InChI is InChI=1S/C8H9NO5/c10-5-2-1-3-6(8(11)12)7(4-5)9(13)14/h1-3,5,7,10H,4H2,(H,11,12). The summed E-state index contributed by atoms with van der Waals surface area (Å²) in [7, 11) is 0. The first-order valence-electron chi connectivity index (χ1n) is 3.95. The van der Waals surface area contributed by atoms with Crippen LogP contribution >= 0.6 is 0 Å². The molecule has 0 saturated carbocycles. The van der Waals surface area contributed by atoms with Gasteiger partial charge in [-0.2, -0.15) is 0 Å². The Morgan fingerprint density at radius 2 is 2.29 bits per heavy atom. The predicted molar refractivity (Wildman–Crippen MR) is 46.3 cm³/mol. The minimum absolute atomic E-state index is 0.207. The second-order valence-electron chi connectivity index (χ2n) is 2.92. The van der Waals surface area contributed by atoms with E-state index in [4.69, 9.17) is 5.11 Å². The highest BCUT2D eigenvalue weighted by molar-refractivity contribution is 5.88. The van der Waals surface area contributed by atoms with Gasteiger partial charge in [0.25, 0.3) is 0 Å². The molecule has 0 fully saturated rings. The van der Waals surface area contributed by atoms with Crippen molar-refractivity contribution in [2.75, 3.05) is 0 Å². The Morgan fingerprint density at radius 1 is 1.64 bits per heavy atom. The number of carboxylic acids is 1. The molecule has 76 valence electrons. The van der Waals surface area contributed by atoms with Gasteiger partial charge in [0.05, 0.1) is 6.10 Å². The van der Waals surface area contributed by atoms with Crippen LogP contribution in [0.25, 0.3) is 0 Å². The van der Waals surface area contributed by atoms with E-state index < -0.39 is 23.0 Å². The number of rotatable bonds is 2. The average molecular weight is 199 g/mol. The zero-order valence-corrected chi connectivity index (χ0v) is 7.16. The normalized spacial score (nSPS) is 26.5. The van der Waals surface area contributed by atoms with E-state index in [1.807, 2.05) is 0 Å². The van der Waals surface area contributed by atoms with Crippen LogP contribution in [0.5, 0.6) is 0 Å². The summed E-state index contributed by atoms with van der Waals surface area (Å²) < 4.78 is 0. The molecule has 0 aromatic heterocycles. The highest BCUT2D eigenvalue weighted by Crippen LogP contribution is 2.17. The first kappa shape index (κ1) is 10.4. The summed E-state index contributed by atoms with van der Waals surface area (Å²) >= 11 is 0. The fraction of sp³-hybridized carbons (Fsp3) is 0.375. The molecule has 2 atom stereocenters. The number of carbonyl (C=O) groups is 1. The molecule has 0 aliphatic heterocycles. The monoisotopic (exact) mass is 199 g/mol. The van der Waals surface area contributed by atoms with Gasteiger partial charge in [-0.05, 0) is 6.08 Å². The van der Waals surface area contributed by atoms with Gasteiger partial charge in [0, 0.05) is 11.3 Å². The number of aliphatic carboxylic acids is 1. The van der Waals surface area contributed by atoms with E-state index in [-0.39, 0.29) is 12.0 Å². The summed E-state index contributed by atoms with van der Waals surface area (Å²) in [5, 5.41) is 28.4. The largest absolute Gasteiger partial charge is 0.478 e. The van der Waals surface area contributed by atoms with Crippen molar-refractivity contribution < 1.29 is 19.9 Å². The maximum Gasteiger partial charge on any atom is 0.338 e. The highest BCUT2D eigenvalue weighted by atomic mass is 16.6. The van der Waals surface area contributed by atoms with Crippen molar-refractivity contribution in [2.24, 2.45) is 0 Å². The fourth-order valence-corrected chi connectivity index (χ4v) is 1.25. The number of hydrogen-bond donors (Lipinski definition) is 2. The van der Waals surface area contributed by atoms with Crippen molar-refractivity contribution in [1.82, 2.24) is 0 Å². The number of nitro groups is 1.